The van der Waals surface area contributed by atoms with Crippen LogP contribution in [0, 0.1) is 13.8 Å². The van der Waals surface area contributed by atoms with Crippen molar-refractivity contribution < 1.29 is 9.47 Å². The van der Waals surface area contributed by atoms with Gasteiger partial charge in [-0.15, -0.1) is 0 Å². The van der Waals surface area contributed by atoms with Gasteiger partial charge >= 0.3 is 0 Å². The zero-order valence-corrected chi connectivity index (χ0v) is 25.2. The van der Waals surface area contributed by atoms with E-state index in [1.165, 1.54) is 101 Å². The molecule has 2 nitrogen and oxygen atoms in total. The van der Waals surface area contributed by atoms with Gasteiger partial charge in [0, 0.05) is 5.56 Å². The molecule has 38 heavy (non-hydrogen) atoms. The summed E-state index contributed by atoms with van der Waals surface area (Å²) in [7, 11) is 0. The minimum Gasteiger partial charge on any atom is -0.493 e. The van der Waals surface area contributed by atoms with Gasteiger partial charge in [0.15, 0.2) is 0 Å². The molecule has 212 valence electrons. The molecule has 2 rings (SSSR count). The summed E-state index contributed by atoms with van der Waals surface area (Å²) >= 11 is 0. The highest BCUT2D eigenvalue weighted by molar-refractivity contribution is 5.74. The van der Waals surface area contributed by atoms with Crippen molar-refractivity contribution in [3.8, 4) is 11.5 Å². The van der Waals surface area contributed by atoms with E-state index >= 15 is 0 Å². The summed E-state index contributed by atoms with van der Waals surface area (Å²) in [6.07, 6.45) is 25.4. The van der Waals surface area contributed by atoms with E-state index < -0.39 is 0 Å². The van der Waals surface area contributed by atoms with E-state index in [2.05, 4.69) is 76.2 Å². The topological polar surface area (TPSA) is 18.5 Å². The third-order valence-electron chi connectivity index (χ3n) is 7.35. The van der Waals surface area contributed by atoms with Crippen molar-refractivity contribution in [3.63, 3.8) is 0 Å². The van der Waals surface area contributed by atoms with Gasteiger partial charge in [-0.1, -0.05) is 146 Å². The first-order chi connectivity index (χ1) is 18.6. The Morgan fingerprint density at radius 3 is 1.53 bits per heavy atom. The Bertz CT molecular complexity index is 881. The van der Waals surface area contributed by atoms with Crippen LogP contribution >= 0.6 is 0 Å². The molecule has 0 unspecified atom stereocenters. The number of ether oxygens (including phenoxy) is 2. The van der Waals surface area contributed by atoms with Gasteiger partial charge in [0.1, 0.15) is 11.5 Å². The lowest BCUT2D eigenvalue weighted by atomic mass is 10.1. The predicted octanol–water partition coefficient (Wildman–Crippen LogP) is 11.5. The van der Waals surface area contributed by atoms with Gasteiger partial charge in [-0.2, -0.15) is 0 Å². The number of benzene rings is 2. The first-order valence-electron chi connectivity index (χ1n) is 15.8. The molecule has 0 radical (unpaired) electrons. The van der Waals surface area contributed by atoms with Crippen LogP contribution < -0.4 is 9.47 Å². The van der Waals surface area contributed by atoms with Gasteiger partial charge in [0.05, 0.1) is 13.2 Å². The van der Waals surface area contributed by atoms with E-state index in [0.717, 1.165) is 48.7 Å². The van der Waals surface area contributed by atoms with Crippen LogP contribution in [0.1, 0.15) is 139 Å². The van der Waals surface area contributed by atoms with Crippen molar-refractivity contribution in [2.24, 2.45) is 0 Å². The molecule has 0 aliphatic heterocycles. The van der Waals surface area contributed by atoms with Crippen LogP contribution in [0.2, 0.25) is 0 Å². The normalized spacial score (nSPS) is 11.4. The second kappa shape index (κ2) is 20.7. The summed E-state index contributed by atoms with van der Waals surface area (Å²) in [5.41, 5.74) is 4.74. The van der Waals surface area contributed by atoms with E-state index in [0.29, 0.717) is 0 Å². The van der Waals surface area contributed by atoms with Gasteiger partial charge in [-0.05, 0) is 49.9 Å². The van der Waals surface area contributed by atoms with Crippen LogP contribution in [0.4, 0.5) is 0 Å². The Balaban J connectivity index is 1.90. The van der Waals surface area contributed by atoms with Gasteiger partial charge in [0.25, 0.3) is 0 Å². The van der Waals surface area contributed by atoms with E-state index in [-0.39, 0.29) is 0 Å². The minimum atomic E-state index is 0.776. The molecule has 0 saturated carbocycles. The largest absolute Gasteiger partial charge is 0.493 e. The van der Waals surface area contributed by atoms with E-state index in [4.69, 9.17) is 9.47 Å². The molecule has 0 amide bonds. The highest BCUT2D eigenvalue weighted by atomic mass is 16.5. The predicted molar refractivity (Wildman–Crippen MR) is 167 cm³/mol. The number of hydrogen-bond donors (Lipinski definition) is 0. The summed E-state index contributed by atoms with van der Waals surface area (Å²) < 4.78 is 12.6. The summed E-state index contributed by atoms with van der Waals surface area (Å²) in [4.78, 5) is 0. The SMILES string of the molecule is CCCCCCCCCCOc1cc(/C=C/c2ccc(C)cc2)c(OCCCCCCCCCC)cc1C. The third-order valence-corrected chi connectivity index (χ3v) is 7.35. The second-order valence-corrected chi connectivity index (χ2v) is 11.0. The minimum absolute atomic E-state index is 0.776. The maximum Gasteiger partial charge on any atom is 0.127 e. The summed E-state index contributed by atoms with van der Waals surface area (Å²) in [5.74, 6) is 1.95. The number of hydrogen-bond acceptors (Lipinski definition) is 2. The summed E-state index contributed by atoms with van der Waals surface area (Å²) in [6.45, 7) is 10.4. The molecule has 2 aromatic carbocycles. The lowest BCUT2D eigenvalue weighted by molar-refractivity contribution is 0.294. The first-order valence-corrected chi connectivity index (χ1v) is 15.8. The van der Waals surface area contributed by atoms with Crippen molar-refractivity contribution in [1.29, 1.82) is 0 Å². The Morgan fingerprint density at radius 2 is 1.00 bits per heavy atom. The monoisotopic (exact) mass is 520 g/mol. The number of unbranched alkanes of at least 4 members (excludes halogenated alkanes) is 14. The summed E-state index contributed by atoms with van der Waals surface area (Å²) in [6, 6.07) is 13.0. The molecule has 2 heteroatoms. The van der Waals surface area contributed by atoms with E-state index in [1.54, 1.807) is 0 Å². The Hall–Kier alpha value is -2.22. The van der Waals surface area contributed by atoms with Gasteiger partial charge in [-0.3, -0.25) is 0 Å². The first kappa shape index (κ1) is 32.0. The van der Waals surface area contributed by atoms with Crippen molar-refractivity contribution in [2.45, 2.75) is 130 Å². The molecule has 0 aliphatic rings. The highest BCUT2D eigenvalue weighted by Crippen LogP contribution is 2.31. The van der Waals surface area contributed by atoms with Crippen LogP contribution in [0.25, 0.3) is 12.2 Å². The third kappa shape index (κ3) is 14.1. The van der Waals surface area contributed by atoms with Crippen LogP contribution in [-0.2, 0) is 0 Å². The molecule has 0 atom stereocenters. The molecular formula is C36H56O2. The zero-order valence-electron chi connectivity index (χ0n) is 25.2. The van der Waals surface area contributed by atoms with E-state index in [9.17, 15) is 0 Å². The van der Waals surface area contributed by atoms with Crippen molar-refractivity contribution in [3.05, 3.63) is 58.7 Å². The fourth-order valence-corrected chi connectivity index (χ4v) is 4.79. The standard InChI is InChI=1S/C36H56O2/c1-5-7-9-11-13-15-17-19-27-37-35-30-34(26-25-33-23-21-31(3)22-24-33)36(29-32(35)4)38-28-20-18-16-14-12-10-8-6-2/h21-26,29-30H,5-20,27-28H2,1-4H3/b26-25+. The molecular weight excluding hydrogens is 464 g/mol. The molecule has 0 saturated heterocycles. The highest BCUT2D eigenvalue weighted by Gasteiger charge is 2.09. The molecule has 0 aliphatic carbocycles. The van der Waals surface area contributed by atoms with Crippen LogP contribution in [0.5, 0.6) is 11.5 Å². The quantitative estimate of drug-likeness (QED) is 0.113. The fourth-order valence-electron chi connectivity index (χ4n) is 4.79. The van der Waals surface area contributed by atoms with Gasteiger partial charge < -0.3 is 9.47 Å². The lowest BCUT2D eigenvalue weighted by Crippen LogP contribution is -2.03. The Labute approximate surface area is 235 Å². The lowest BCUT2D eigenvalue weighted by Gasteiger charge is -2.15. The van der Waals surface area contributed by atoms with Crippen molar-refractivity contribution in [1.82, 2.24) is 0 Å². The zero-order chi connectivity index (χ0) is 27.3. The van der Waals surface area contributed by atoms with Crippen LogP contribution in [-0.4, -0.2) is 13.2 Å². The Morgan fingerprint density at radius 1 is 0.526 bits per heavy atom. The molecule has 0 aromatic heterocycles. The van der Waals surface area contributed by atoms with Crippen LogP contribution in [0.3, 0.4) is 0 Å². The van der Waals surface area contributed by atoms with Crippen LogP contribution in [0.15, 0.2) is 36.4 Å². The number of aryl methyl sites for hydroxylation is 2. The molecule has 2 aromatic rings. The smallest absolute Gasteiger partial charge is 0.127 e. The van der Waals surface area contributed by atoms with Crippen molar-refractivity contribution in [2.75, 3.05) is 13.2 Å². The Kier molecular flexibility index (Phi) is 17.4. The maximum absolute atomic E-state index is 6.32. The maximum atomic E-state index is 6.32. The van der Waals surface area contributed by atoms with Gasteiger partial charge in [0.2, 0.25) is 0 Å². The fraction of sp³-hybridized carbons (Fsp3) is 0.611. The summed E-state index contributed by atoms with van der Waals surface area (Å²) in [5, 5.41) is 0. The molecule has 0 N–H and O–H groups in total. The molecule has 0 heterocycles. The van der Waals surface area contributed by atoms with Gasteiger partial charge in [-0.25, -0.2) is 0 Å². The second-order valence-electron chi connectivity index (χ2n) is 11.0. The molecule has 0 bridgehead atoms. The molecule has 0 spiro atoms. The molecule has 0 fully saturated rings. The average molecular weight is 521 g/mol. The van der Waals surface area contributed by atoms with Crippen molar-refractivity contribution >= 4 is 12.2 Å². The van der Waals surface area contributed by atoms with E-state index in [1.807, 2.05) is 0 Å². The number of rotatable bonds is 22. The average Bonchev–Trinajstić information content (AvgIpc) is 2.92.